The van der Waals surface area contributed by atoms with Crippen LogP contribution in [0.5, 0.6) is 0 Å². The number of primary amides is 1. The summed E-state index contributed by atoms with van der Waals surface area (Å²) >= 11 is 0. The maximum atomic E-state index is 10.9. The molecule has 2 heterocycles. The van der Waals surface area contributed by atoms with E-state index >= 15 is 0 Å². The summed E-state index contributed by atoms with van der Waals surface area (Å²) in [5.74, 6) is 0.227. The van der Waals surface area contributed by atoms with Gasteiger partial charge in [-0.1, -0.05) is 0 Å². The summed E-state index contributed by atoms with van der Waals surface area (Å²) in [7, 11) is 0. The molecule has 1 aliphatic rings. The molecular formula is C12H20N6O. The first-order chi connectivity index (χ1) is 9.11. The van der Waals surface area contributed by atoms with Crippen molar-refractivity contribution in [3.63, 3.8) is 0 Å². The fourth-order valence-electron chi connectivity index (χ4n) is 2.17. The standard InChI is InChI=1S/C12H20N6O/c1-9(8-13)17-4-6-18(7-5-17)11-3-2-10(12(14)19)15-16-11/h2-3,9H,4-8,13H2,1H3,(H2,14,19). The molecule has 1 fully saturated rings. The van der Waals surface area contributed by atoms with Crippen molar-refractivity contribution in [1.29, 1.82) is 0 Å². The van der Waals surface area contributed by atoms with Crippen LogP contribution in [-0.4, -0.2) is 59.8 Å². The molecule has 7 heteroatoms. The lowest BCUT2D eigenvalue weighted by molar-refractivity contribution is 0.0994. The second-order valence-corrected chi connectivity index (χ2v) is 4.75. The summed E-state index contributed by atoms with van der Waals surface area (Å²) in [6.45, 7) is 6.49. The monoisotopic (exact) mass is 264 g/mol. The fraction of sp³-hybridized carbons (Fsp3) is 0.583. The van der Waals surface area contributed by atoms with Crippen molar-refractivity contribution >= 4 is 11.7 Å². The minimum Gasteiger partial charge on any atom is -0.364 e. The van der Waals surface area contributed by atoms with Crippen molar-refractivity contribution in [3.05, 3.63) is 17.8 Å². The van der Waals surface area contributed by atoms with Gasteiger partial charge >= 0.3 is 0 Å². The number of carbonyl (C=O) groups is 1. The Kier molecular flexibility index (Phi) is 4.28. The SMILES string of the molecule is CC(CN)N1CCN(c2ccc(C(N)=O)nn2)CC1. The second-order valence-electron chi connectivity index (χ2n) is 4.75. The van der Waals surface area contributed by atoms with Crippen LogP contribution in [0.1, 0.15) is 17.4 Å². The summed E-state index contributed by atoms with van der Waals surface area (Å²) in [5, 5.41) is 7.87. The predicted molar refractivity (Wildman–Crippen MR) is 72.9 cm³/mol. The van der Waals surface area contributed by atoms with Gasteiger partial charge in [0.25, 0.3) is 5.91 Å². The lowest BCUT2D eigenvalue weighted by atomic mass is 10.2. The third kappa shape index (κ3) is 3.18. The van der Waals surface area contributed by atoms with Crippen molar-refractivity contribution in [2.24, 2.45) is 11.5 Å². The normalized spacial score (nSPS) is 18.3. The number of anilines is 1. The van der Waals surface area contributed by atoms with E-state index in [1.807, 2.05) is 0 Å². The minimum absolute atomic E-state index is 0.194. The Hall–Kier alpha value is -1.73. The van der Waals surface area contributed by atoms with Gasteiger partial charge in [0.05, 0.1) is 0 Å². The van der Waals surface area contributed by atoms with Crippen LogP contribution in [0.3, 0.4) is 0 Å². The minimum atomic E-state index is -0.555. The van der Waals surface area contributed by atoms with Crippen LogP contribution in [0.15, 0.2) is 12.1 Å². The van der Waals surface area contributed by atoms with E-state index in [1.54, 1.807) is 12.1 Å². The Bertz CT molecular complexity index is 426. The molecule has 1 unspecified atom stereocenters. The maximum absolute atomic E-state index is 10.9. The molecule has 0 spiro atoms. The zero-order valence-corrected chi connectivity index (χ0v) is 11.1. The van der Waals surface area contributed by atoms with Crippen molar-refractivity contribution in [3.8, 4) is 0 Å². The van der Waals surface area contributed by atoms with E-state index in [4.69, 9.17) is 11.5 Å². The molecule has 1 amide bonds. The molecule has 1 aromatic heterocycles. The van der Waals surface area contributed by atoms with Crippen LogP contribution in [0.4, 0.5) is 5.82 Å². The van der Waals surface area contributed by atoms with Crippen LogP contribution in [0, 0.1) is 0 Å². The Balaban J connectivity index is 1.96. The number of piperazine rings is 1. The van der Waals surface area contributed by atoms with Gasteiger partial charge in [-0.2, -0.15) is 0 Å². The third-order valence-corrected chi connectivity index (χ3v) is 3.51. The maximum Gasteiger partial charge on any atom is 0.269 e. The quantitative estimate of drug-likeness (QED) is 0.726. The number of nitrogens with two attached hydrogens (primary N) is 2. The molecule has 4 N–H and O–H groups in total. The first-order valence-corrected chi connectivity index (χ1v) is 6.44. The molecule has 1 atom stereocenters. The van der Waals surface area contributed by atoms with Crippen LogP contribution in [0.25, 0.3) is 0 Å². The first-order valence-electron chi connectivity index (χ1n) is 6.44. The highest BCUT2D eigenvalue weighted by Crippen LogP contribution is 2.13. The summed E-state index contributed by atoms with van der Waals surface area (Å²) in [6, 6.07) is 3.81. The number of rotatable bonds is 4. The number of carbonyl (C=O) groups excluding carboxylic acids is 1. The Labute approximate surface area is 112 Å². The Morgan fingerprint density at radius 3 is 2.47 bits per heavy atom. The summed E-state index contributed by atoms with van der Waals surface area (Å²) in [5.41, 5.74) is 11.0. The first kappa shape index (κ1) is 13.7. The van der Waals surface area contributed by atoms with Crippen LogP contribution >= 0.6 is 0 Å². The summed E-state index contributed by atoms with van der Waals surface area (Å²) in [6.07, 6.45) is 0. The van der Waals surface area contributed by atoms with E-state index in [1.165, 1.54) is 0 Å². The molecule has 19 heavy (non-hydrogen) atoms. The van der Waals surface area contributed by atoms with E-state index in [2.05, 4.69) is 26.9 Å². The van der Waals surface area contributed by atoms with E-state index in [0.717, 1.165) is 32.0 Å². The van der Waals surface area contributed by atoms with Crippen LogP contribution in [-0.2, 0) is 0 Å². The average Bonchev–Trinajstić information content (AvgIpc) is 2.46. The highest BCUT2D eigenvalue weighted by molar-refractivity contribution is 5.90. The molecule has 104 valence electrons. The molecule has 0 aromatic carbocycles. The summed E-state index contributed by atoms with van der Waals surface area (Å²) in [4.78, 5) is 15.4. The van der Waals surface area contributed by atoms with Crippen molar-refractivity contribution in [2.45, 2.75) is 13.0 Å². The zero-order valence-electron chi connectivity index (χ0n) is 11.1. The average molecular weight is 264 g/mol. The Morgan fingerprint density at radius 1 is 1.32 bits per heavy atom. The smallest absolute Gasteiger partial charge is 0.269 e. The molecule has 0 aliphatic carbocycles. The van der Waals surface area contributed by atoms with Crippen LogP contribution in [0.2, 0.25) is 0 Å². The molecule has 7 nitrogen and oxygen atoms in total. The fourth-order valence-corrected chi connectivity index (χ4v) is 2.17. The number of amides is 1. The van der Waals surface area contributed by atoms with Gasteiger partial charge in [0, 0.05) is 38.8 Å². The topological polar surface area (TPSA) is 101 Å². The van der Waals surface area contributed by atoms with E-state index in [-0.39, 0.29) is 5.69 Å². The lowest BCUT2D eigenvalue weighted by Crippen LogP contribution is -2.51. The molecule has 1 aliphatic heterocycles. The highest BCUT2D eigenvalue weighted by Gasteiger charge is 2.21. The van der Waals surface area contributed by atoms with E-state index in [0.29, 0.717) is 12.6 Å². The van der Waals surface area contributed by atoms with Crippen molar-refractivity contribution in [1.82, 2.24) is 15.1 Å². The molecule has 0 radical (unpaired) electrons. The second kappa shape index (κ2) is 5.94. The van der Waals surface area contributed by atoms with E-state index < -0.39 is 5.91 Å². The molecular weight excluding hydrogens is 244 g/mol. The number of hydrogen-bond acceptors (Lipinski definition) is 6. The van der Waals surface area contributed by atoms with Gasteiger partial charge < -0.3 is 16.4 Å². The van der Waals surface area contributed by atoms with Crippen molar-refractivity contribution < 1.29 is 4.79 Å². The van der Waals surface area contributed by atoms with Gasteiger partial charge in [0.2, 0.25) is 0 Å². The number of nitrogens with zero attached hydrogens (tertiary/aromatic N) is 4. The number of hydrogen-bond donors (Lipinski definition) is 2. The highest BCUT2D eigenvalue weighted by atomic mass is 16.1. The van der Waals surface area contributed by atoms with E-state index in [9.17, 15) is 4.79 Å². The summed E-state index contributed by atoms with van der Waals surface area (Å²) < 4.78 is 0. The Morgan fingerprint density at radius 2 is 2.00 bits per heavy atom. The molecule has 2 rings (SSSR count). The largest absolute Gasteiger partial charge is 0.364 e. The van der Waals surface area contributed by atoms with Gasteiger partial charge in [-0.05, 0) is 19.1 Å². The lowest BCUT2D eigenvalue weighted by Gasteiger charge is -2.38. The van der Waals surface area contributed by atoms with Gasteiger partial charge in [0.15, 0.2) is 11.5 Å². The van der Waals surface area contributed by atoms with Crippen molar-refractivity contribution in [2.75, 3.05) is 37.6 Å². The predicted octanol–water partition coefficient (Wildman–Crippen LogP) is -0.955. The molecule has 0 saturated carbocycles. The molecule has 1 saturated heterocycles. The molecule has 0 bridgehead atoms. The van der Waals surface area contributed by atoms with Crippen LogP contribution < -0.4 is 16.4 Å². The van der Waals surface area contributed by atoms with Gasteiger partial charge in [0.1, 0.15) is 0 Å². The van der Waals surface area contributed by atoms with Gasteiger partial charge in [-0.15, -0.1) is 10.2 Å². The number of aromatic nitrogens is 2. The van der Waals surface area contributed by atoms with Gasteiger partial charge in [-0.25, -0.2) is 0 Å². The van der Waals surface area contributed by atoms with Gasteiger partial charge in [-0.3, -0.25) is 9.69 Å². The third-order valence-electron chi connectivity index (χ3n) is 3.51. The molecule has 1 aromatic rings. The zero-order chi connectivity index (χ0) is 13.8.